The molecule has 1 rings (SSSR count). The lowest BCUT2D eigenvalue weighted by Gasteiger charge is -2.12. The summed E-state index contributed by atoms with van der Waals surface area (Å²) < 4.78 is 4.78. The van der Waals surface area contributed by atoms with Crippen LogP contribution < -0.4 is 0 Å². The zero-order valence-electron chi connectivity index (χ0n) is 7.32. The summed E-state index contributed by atoms with van der Waals surface area (Å²) in [6, 6.07) is 0. The number of hydrogen-bond donors (Lipinski definition) is 1. The molecule has 1 fully saturated rings. The first-order valence-electron chi connectivity index (χ1n) is 4.28. The highest BCUT2D eigenvalue weighted by molar-refractivity contribution is 5.71. The Morgan fingerprint density at radius 3 is 3.00 bits per heavy atom. The predicted molar refractivity (Wildman–Crippen MR) is 43.7 cm³/mol. The molecule has 1 N–H and O–H groups in total. The molecule has 0 saturated carbocycles. The molecule has 0 unspecified atom stereocenters. The highest BCUT2D eigenvalue weighted by Gasteiger charge is 2.22. The van der Waals surface area contributed by atoms with Gasteiger partial charge >= 0.3 is 5.97 Å². The highest BCUT2D eigenvalue weighted by atomic mass is 16.5. The molecule has 12 heavy (non-hydrogen) atoms. The van der Waals surface area contributed by atoms with Crippen LogP contribution in [-0.2, 0) is 9.53 Å². The first-order valence-corrected chi connectivity index (χ1v) is 4.28. The molecule has 0 aromatic heterocycles. The van der Waals surface area contributed by atoms with Crippen molar-refractivity contribution in [1.82, 2.24) is 4.90 Å². The number of hydrogen-bond acceptors (Lipinski definition) is 4. The molecule has 0 aromatic rings. The first-order chi connectivity index (χ1) is 5.72. The summed E-state index contributed by atoms with van der Waals surface area (Å²) in [5, 5.41) is 9.15. The highest BCUT2D eigenvalue weighted by Crippen LogP contribution is 2.07. The molecule has 4 heteroatoms. The minimum atomic E-state index is -0.264. The van der Waals surface area contributed by atoms with Crippen LogP contribution in [0.5, 0.6) is 0 Å². The number of aliphatic hydroxyl groups is 1. The summed E-state index contributed by atoms with van der Waals surface area (Å²) >= 11 is 0. The molecule has 0 radical (unpaired) electrons. The maximum atomic E-state index is 11.0. The Balaban J connectivity index is 2.18. The van der Waals surface area contributed by atoms with E-state index in [0.717, 1.165) is 13.0 Å². The van der Waals surface area contributed by atoms with Gasteiger partial charge in [0.05, 0.1) is 19.3 Å². The van der Waals surface area contributed by atoms with Gasteiger partial charge in [0, 0.05) is 13.1 Å². The van der Waals surface area contributed by atoms with Crippen LogP contribution in [0.2, 0.25) is 0 Å². The Bertz CT molecular complexity index is 160. The van der Waals surface area contributed by atoms with Crippen molar-refractivity contribution in [3.05, 3.63) is 0 Å². The van der Waals surface area contributed by atoms with Crippen LogP contribution in [0, 0.1) is 0 Å². The van der Waals surface area contributed by atoms with Gasteiger partial charge in [-0.2, -0.15) is 0 Å². The molecule has 0 spiro atoms. The van der Waals surface area contributed by atoms with Gasteiger partial charge in [0.15, 0.2) is 0 Å². The first kappa shape index (κ1) is 9.48. The largest absolute Gasteiger partial charge is 0.465 e. The zero-order valence-corrected chi connectivity index (χ0v) is 7.32. The number of likely N-dealkylation sites (tertiary alicyclic amines) is 1. The Hall–Kier alpha value is -0.610. The zero-order chi connectivity index (χ0) is 8.97. The van der Waals surface area contributed by atoms with Crippen LogP contribution in [0.3, 0.4) is 0 Å². The molecule has 1 heterocycles. The molecule has 1 atom stereocenters. The van der Waals surface area contributed by atoms with Crippen LogP contribution in [0.4, 0.5) is 0 Å². The Morgan fingerprint density at radius 2 is 2.50 bits per heavy atom. The minimum absolute atomic E-state index is 0.202. The fourth-order valence-corrected chi connectivity index (χ4v) is 1.35. The van der Waals surface area contributed by atoms with Crippen molar-refractivity contribution >= 4 is 5.97 Å². The molecule has 1 aliphatic heterocycles. The minimum Gasteiger partial charge on any atom is -0.465 e. The molecule has 0 aromatic carbocycles. The Labute approximate surface area is 72.1 Å². The van der Waals surface area contributed by atoms with E-state index in [1.807, 2.05) is 4.90 Å². The van der Waals surface area contributed by atoms with Gasteiger partial charge in [0.25, 0.3) is 0 Å². The van der Waals surface area contributed by atoms with Gasteiger partial charge in [-0.25, -0.2) is 0 Å². The summed E-state index contributed by atoms with van der Waals surface area (Å²) in [5.74, 6) is -0.202. The van der Waals surface area contributed by atoms with Gasteiger partial charge in [-0.3, -0.25) is 9.69 Å². The van der Waals surface area contributed by atoms with Crippen LogP contribution >= 0.6 is 0 Å². The number of esters is 1. The lowest BCUT2D eigenvalue weighted by molar-refractivity contribution is -0.144. The molecule has 0 bridgehead atoms. The van der Waals surface area contributed by atoms with Crippen molar-refractivity contribution in [1.29, 1.82) is 0 Å². The van der Waals surface area contributed by atoms with Crippen LogP contribution in [0.15, 0.2) is 0 Å². The van der Waals surface area contributed by atoms with E-state index in [-0.39, 0.29) is 12.1 Å². The van der Waals surface area contributed by atoms with Gasteiger partial charge in [-0.1, -0.05) is 0 Å². The lowest BCUT2D eigenvalue weighted by Crippen LogP contribution is -2.29. The van der Waals surface area contributed by atoms with Crippen molar-refractivity contribution in [2.75, 3.05) is 26.2 Å². The molecule has 0 amide bonds. The second-order valence-electron chi connectivity index (χ2n) is 2.98. The van der Waals surface area contributed by atoms with E-state index in [2.05, 4.69) is 0 Å². The van der Waals surface area contributed by atoms with Gasteiger partial charge in [-0.05, 0) is 13.3 Å². The fourth-order valence-electron chi connectivity index (χ4n) is 1.35. The van der Waals surface area contributed by atoms with E-state index in [0.29, 0.717) is 19.7 Å². The molecular weight excluding hydrogens is 158 g/mol. The normalized spacial score (nSPS) is 24.3. The maximum absolute atomic E-state index is 11.0. The van der Waals surface area contributed by atoms with E-state index in [1.165, 1.54) is 0 Å². The van der Waals surface area contributed by atoms with Crippen LogP contribution in [0.1, 0.15) is 13.3 Å². The van der Waals surface area contributed by atoms with Crippen molar-refractivity contribution in [3.8, 4) is 0 Å². The van der Waals surface area contributed by atoms with Crippen LogP contribution in [-0.4, -0.2) is 48.3 Å². The predicted octanol–water partition coefficient (Wildman–Crippen LogP) is -0.384. The standard InChI is InChI=1S/C8H15NO3/c1-2-12-8(11)6-9-4-3-7(10)5-9/h7,10H,2-6H2,1H3/t7-/m0/s1. The van der Waals surface area contributed by atoms with Gasteiger partial charge in [-0.15, -0.1) is 0 Å². The number of ether oxygens (including phenoxy) is 1. The third-order valence-corrected chi connectivity index (χ3v) is 1.91. The van der Waals surface area contributed by atoms with E-state index < -0.39 is 0 Å². The number of carbonyl (C=O) groups is 1. The monoisotopic (exact) mass is 173 g/mol. The second-order valence-corrected chi connectivity index (χ2v) is 2.98. The molecule has 0 aliphatic carbocycles. The van der Waals surface area contributed by atoms with Crippen LogP contribution in [0.25, 0.3) is 0 Å². The van der Waals surface area contributed by atoms with Crippen molar-refractivity contribution in [3.63, 3.8) is 0 Å². The van der Waals surface area contributed by atoms with Gasteiger partial charge in [0.2, 0.25) is 0 Å². The van der Waals surface area contributed by atoms with Gasteiger partial charge < -0.3 is 9.84 Å². The number of rotatable bonds is 3. The number of nitrogens with zero attached hydrogens (tertiary/aromatic N) is 1. The summed E-state index contributed by atoms with van der Waals surface area (Å²) in [6.45, 7) is 3.91. The van der Waals surface area contributed by atoms with Crippen molar-refractivity contribution < 1.29 is 14.6 Å². The molecule has 1 saturated heterocycles. The van der Waals surface area contributed by atoms with Crippen molar-refractivity contribution in [2.24, 2.45) is 0 Å². The maximum Gasteiger partial charge on any atom is 0.320 e. The third-order valence-electron chi connectivity index (χ3n) is 1.91. The van der Waals surface area contributed by atoms with Crippen molar-refractivity contribution in [2.45, 2.75) is 19.4 Å². The number of aliphatic hydroxyl groups excluding tert-OH is 1. The van der Waals surface area contributed by atoms with E-state index in [9.17, 15) is 4.79 Å². The number of β-amino-alcohol motifs (C(OH)–C–C–N with tert-alkyl or cyclic N) is 1. The topological polar surface area (TPSA) is 49.8 Å². The fraction of sp³-hybridized carbons (Fsp3) is 0.875. The summed E-state index contributed by atoms with van der Waals surface area (Å²) in [7, 11) is 0. The number of carbonyl (C=O) groups excluding carboxylic acids is 1. The molecule has 1 aliphatic rings. The Kier molecular flexibility index (Phi) is 3.49. The van der Waals surface area contributed by atoms with E-state index >= 15 is 0 Å². The van der Waals surface area contributed by atoms with E-state index in [4.69, 9.17) is 9.84 Å². The second kappa shape index (κ2) is 4.42. The van der Waals surface area contributed by atoms with Gasteiger partial charge in [0.1, 0.15) is 0 Å². The SMILES string of the molecule is CCOC(=O)CN1CC[C@H](O)C1. The molecule has 4 nitrogen and oxygen atoms in total. The smallest absolute Gasteiger partial charge is 0.320 e. The Morgan fingerprint density at radius 1 is 1.75 bits per heavy atom. The third kappa shape index (κ3) is 2.79. The molecule has 70 valence electrons. The average molecular weight is 173 g/mol. The summed E-state index contributed by atoms with van der Waals surface area (Å²) in [5.41, 5.74) is 0. The quantitative estimate of drug-likeness (QED) is 0.591. The summed E-state index contributed by atoms with van der Waals surface area (Å²) in [6.07, 6.45) is 0.499. The lowest BCUT2D eigenvalue weighted by atomic mass is 10.3. The summed E-state index contributed by atoms with van der Waals surface area (Å²) in [4.78, 5) is 12.9. The molecular formula is C8H15NO3. The van der Waals surface area contributed by atoms with E-state index in [1.54, 1.807) is 6.92 Å². The average Bonchev–Trinajstić information content (AvgIpc) is 2.36.